The van der Waals surface area contributed by atoms with Gasteiger partial charge >= 0.3 is 0 Å². The lowest BCUT2D eigenvalue weighted by Gasteiger charge is -2.33. The van der Waals surface area contributed by atoms with Crippen molar-refractivity contribution in [1.82, 2.24) is 9.62 Å². The second-order valence-electron chi connectivity index (χ2n) is 4.82. The van der Waals surface area contributed by atoms with Crippen molar-refractivity contribution in [2.45, 2.75) is 30.2 Å². The summed E-state index contributed by atoms with van der Waals surface area (Å²) in [6.07, 6.45) is 1.87. The Morgan fingerprint density at radius 3 is 2.76 bits per heavy atom. The van der Waals surface area contributed by atoms with E-state index >= 15 is 0 Å². The molecule has 0 aromatic heterocycles. The van der Waals surface area contributed by atoms with E-state index < -0.39 is 26.8 Å². The zero-order valence-electron chi connectivity index (χ0n) is 11.5. The van der Waals surface area contributed by atoms with Gasteiger partial charge in [0, 0.05) is 18.1 Å². The molecular formula is C13H16BrFN2O3S. The molecule has 0 saturated carbocycles. The maximum atomic E-state index is 14.0. The third-order valence-electron chi connectivity index (χ3n) is 3.48. The largest absolute Gasteiger partial charge is 0.358 e. The first kappa shape index (κ1) is 16.4. The zero-order valence-corrected chi connectivity index (χ0v) is 13.9. The number of halogens is 2. The van der Waals surface area contributed by atoms with Gasteiger partial charge in [-0.1, -0.05) is 22.4 Å². The van der Waals surface area contributed by atoms with Crippen LogP contribution in [0.1, 0.15) is 19.3 Å². The fourth-order valence-corrected chi connectivity index (χ4v) is 4.47. The van der Waals surface area contributed by atoms with E-state index in [1.165, 1.54) is 19.2 Å². The summed E-state index contributed by atoms with van der Waals surface area (Å²) in [6, 6.07) is 3.00. The second-order valence-corrected chi connectivity index (χ2v) is 7.59. The minimum atomic E-state index is -4.04. The number of piperidine rings is 1. The number of nitrogens with one attached hydrogen (secondary N) is 1. The van der Waals surface area contributed by atoms with Gasteiger partial charge in [-0.3, -0.25) is 4.79 Å². The molecule has 8 heteroatoms. The molecule has 1 heterocycles. The molecule has 1 aromatic rings. The van der Waals surface area contributed by atoms with Crippen molar-refractivity contribution in [3.05, 3.63) is 28.5 Å². The molecule has 0 bridgehead atoms. The molecule has 5 nitrogen and oxygen atoms in total. The van der Waals surface area contributed by atoms with E-state index in [0.717, 1.165) is 16.8 Å². The zero-order chi connectivity index (χ0) is 15.6. The molecule has 0 radical (unpaired) electrons. The van der Waals surface area contributed by atoms with Gasteiger partial charge in [0.15, 0.2) is 0 Å². The normalized spacial score (nSPS) is 20.2. The van der Waals surface area contributed by atoms with E-state index in [9.17, 15) is 17.6 Å². The van der Waals surface area contributed by atoms with Crippen molar-refractivity contribution in [3.63, 3.8) is 0 Å². The topological polar surface area (TPSA) is 66.5 Å². The van der Waals surface area contributed by atoms with Crippen molar-refractivity contribution in [1.29, 1.82) is 0 Å². The summed E-state index contributed by atoms with van der Waals surface area (Å²) >= 11 is 3.09. The number of nitrogens with zero attached hydrogens (tertiary/aromatic N) is 1. The standard InChI is InChI=1S/C13H16BrFN2O3S/c1-16-13(18)11-4-2-3-7-17(11)21(19,20)12-6-5-9(14)8-10(12)15/h5-6,8,11H,2-4,7H2,1H3,(H,16,18). The van der Waals surface area contributed by atoms with E-state index in [1.807, 2.05) is 0 Å². The van der Waals surface area contributed by atoms with E-state index in [4.69, 9.17) is 0 Å². The Balaban J connectivity index is 2.43. The summed E-state index contributed by atoms with van der Waals surface area (Å²) in [5.74, 6) is -1.19. The van der Waals surface area contributed by atoms with Gasteiger partial charge in [-0.2, -0.15) is 4.31 Å². The minimum absolute atomic E-state index is 0.218. The Morgan fingerprint density at radius 1 is 1.43 bits per heavy atom. The first-order valence-electron chi connectivity index (χ1n) is 6.56. The van der Waals surface area contributed by atoms with Gasteiger partial charge in [0.25, 0.3) is 0 Å². The van der Waals surface area contributed by atoms with Gasteiger partial charge in [0.05, 0.1) is 0 Å². The fraction of sp³-hybridized carbons (Fsp3) is 0.462. The van der Waals surface area contributed by atoms with Crippen molar-refractivity contribution in [2.24, 2.45) is 0 Å². The summed E-state index contributed by atoms with van der Waals surface area (Å²) in [7, 11) is -2.58. The smallest absolute Gasteiger partial charge is 0.246 e. The molecule has 1 saturated heterocycles. The number of sulfonamides is 1. The highest BCUT2D eigenvalue weighted by molar-refractivity contribution is 9.10. The molecule has 1 amide bonds. The predicted molar refractivity (Wildman–Crippen MR) is 79.7 cm³/mol. The van der Waals surface area contributed by atoms with Crippen molar-refractivity contribution >= 4 is 31.9 Å². The van der Waals surface area contributed by atoms with Crippen LogP contribution < -0.4 is 5.32 Å². The maximum absolute atomic E-state index is 14.0. The van der Waals surface area contributed by atoms with Gasteiger partial charge in [-0.15, -0.1) is 0 Å². The molecular weight excluding hydrogens is 363 g/mol. The summed E-state index contributed by atoms with van der Waals surface area (Å²) in [5, 5.41) is 2.47. The Kier molecular flexibility index (Phi) is 5.00. The number of likely N-dealkylation sites (N-methyl/N-ethyl adjacent to an activating group) is 1. The van der Waals surface area contributed by atoms with Crippen LogP contribution in [-0.2, 0) is 14.8 Å². The first-order chi connectivity index (χ1) is 9.87. The molecule has 1 fully saturated rings. The Morgan fingerprint density at radius 2 is 2.14 bits per heavy atom. The van der Waals surface area contributed by atoms with Gasteiger partial charge in [-0.05, 0) is 31.0 Å². The number of carbonyl (C=O) groups is 1. The van der Waals surface area contributed by atoms with E-state index in [0.29, 0.717) is 17.3 Å². The predicted octanol–water partition coefficient (Wildman–Crippen LogP) is 1.88. The highest BCUT2D eigenvalue weighted by Gasteiger charge is 2.38. The highest BCUT2D eigenvalue weighted by Crippen LogP contribution is 2.28. The van der Waals surface area contributed by atoms with Gasteiger partial charge in [0.1, 0.15) is 16.8 Å². The van der Waals surface area contributed by atoms with E-state index in [-0.39, 0.29) is 12.5 Å². The molecule has 0 spiro atoms. The SMILES string of the molecule is CNC(=O)C1CCCCN1S(=O)(=O)c1ccc(Br)cc1F. The molecule has 1 unspecified atom stereocenters. The molecule has 116 valence electrons. The summed E-state index contributed by atoms with van der Waals surface area (Å²) < 4.78 is 40.8. The van der Waals surface area contributed by atoms with Gasteiger partial charge in [-0.25, -0.2) is 12.8 Å². The quantitative estimate of drug-likeness (QED) is 0.872. The van der Waals surface area contributed by atoms with Crippen LogP contribution in [0.3, 0.4) is 0 Å². The number of rotatable bonds is 3. The van der Waals surface area contributed by atoms with Crippen LogP contribution in [0.25, 0.3) is 0 Å². The molecule has 0 aliphatic carbocycles. The Bertz CT molecular complexity index is 651. The lowest BCUT2D eigenvalue weighted by atomic mass is 10.0. The molecule has 1 N–H and O–H groups in total. The van der Waals surface area contributed by atoms with Crippen LogP contribution in [-0.4, -0.2) is 38.3 Å². The third-order valence-corrected chi connectivity index (χ3v) is 5.92. The lowest BCUT2D eigenvalue weighted by molar-refractivity contribution is -0.125. The van der Waals surface area contributed by atoms with Crippen molar-refractivity contribution in [2.75, 3.05) is 13.6 Å². The van der Waals surface area contributed by atoms with Crippen LogP contribution in [0.5, 0.6) is 0 Å². The van der Waals surface area contributed by atoms with Crippen LogP contribution in [0.4, 0.5) is 4.39 Å². The number of benzene rings is 1. The molecule has 1 atom stereocenters. The van der Waals surface area contributed by atoms with Crippen LogP contribution in [0.2, 0.25) is 0 Å². The van der Waals surface area contributed by atoms with Crippen LogP contribution in [0.15, 0.2) is 27.6 Å². The number of amides is 1. The van der Waals surface area contributed by atoms with Crippen LogP contribution >= 0.6 is 15.9 Å². The maximum Gasteiger partial charge on any atom is 0.246 e. The van der Waals surface area contributed by atoms with E-state index in [1.54, 1.807) is 0 Å². The molecule has 1 aliphatic heterocycles. The number of carbonyl (C=O) groups excluding carboxylic acids is 1. The molecule has 1 aromatic carbocycles. The average Bonchev–Trinajstić information content (AvgIpc) is 2.46. The average molecular weight is 379 g/mol. The lowest BCUT2D eigenvalue weighted by Crippen LogP contribution is -2.51. The molecule has 21 heavy (non-hydrogen) atoms. The number of hydrogen-bond donors (Lipinski definition) is 1. The summed E-state index contributed by atoms with van der Waals surface area (Å²) in [4.78, 5) is 11.5. The van der Waals surface area contributed by atoms with Gasteiger partial charge < -0.3 is 5.32 Å². The summed E-state index contributed by atoms with van der Waals surface area (Å²) in [5.41, 5.74) is 0. The summed E-state index contributed by atoms with van der Waals surface area (Å²) in [6.45, 7) is 0.218. The van der Waals surface area contributed by atoms with Crippen molar-refractivity contribution < 1.29 is 17.6 Å². The highest BCUT2D eigenvalue weighted by atomic mass is 79.9. The second kappa shape index (κ2) is 6.41. The molecule has 1 aliphatic rings. The Labute approximate surface area is 131 Å². The third kappa shape index (κ3) is 3.27. The van der Waals surface area contributed by atoms with Crippen LogP contribution in [0, 0.1) is 5.82 Å². The number of hydrogen-bond acceptors (Lipinski definition) is 3. The monoisotopic (exact) mass is 378 g/mol. The Hall–Kier alpha value is -0.990. The first-order valence-corrected chi connectivity index (χ1v) is 8.79. The fourth-order valence-electron chi connectivity index (χ4n) is 2.43. The molecule has 2 rings (SSSR count). The minimum Gasteiger partial charge on any atom is -0.358 e. The van der Waals surface area contributed by atoms with E-state index in [2.05, 4.69) is 21.2 Å². The van der Waals surface area contributed by atoms with Crippen molar-refractivity contribution in [3.8, 4) is 0 Å². The van der Waals surface area contributed by atoms with Gasteiger partial charge in [0.2, 0.25) is 15.9 Å².